The molecule has 29 heavy (non-hydrogen) atoms. The third kappa shape index (κ3) is 7.02. The number of nitro groups is 1. The van der Waals surface area contributed by atoms with Crippen molar-refractivity contribution in [2.45, 2.75) is 12.5 Å². The summed E-state index contributed by atoms with van der Waals surface area (Å²) in [6, 6.07) is 4.25. The molecule has 0 spiro atoms. The molecule has 0 radical (unpaired) electrons. The number of morpholine rings is 1. The van der Waals surface area contributed by atoms with E-state index in [9.17, 15) is 24.5 Å². The molecular formula is C18H23N3O7S. The zero-order valence-electron chi connectivity index (χ0n) is 16.0. The van der Waals surface area contributed by atoms with Gasteiger partial charge in [0.15, 0.2) is 6.61 Å². The summed E-state index contributed by atoms with van der Waals surface area (Å²) in [6.45, 7) is 1.34. The summed E-state index contributed by atoms with van der Waals surface area (Å²) in [7, 11) is 0. The van der Waals surface area contributed by atoms with Gasteiger partial charge in [-0.2, -0.15) is 11.8 Å². The summed E-state index contributed by atoms with van der Waals surface area (Å²) in [6.07, 6.45) is 2.15. The summed E-state index contributed by atoms with van der Waals surface area (Å²) in [5, 5.41) is 13.4. The first-order chi connectivity index (χ1) is 13.9. The molecule has 1 N–H and O–H groups in total. The molecule has 1 aromatic rings. The lowest BCUT2D eigenvalue weighted by Gasteiger charge is -2.27. The van der Waals surface area contributed by atoms with Gasteiger partial charge in [-0.1, -0.05) is 6.07 Å². The summed E-state index contributed by atoms with van der Waals surface area (Å²) >= 11 is 1.49. The number of carbonyl (C=O) groups excluding carboxylic acids is 3. The maximum atomic E-state index is 12.4. The second kappa shape index (κ2) is 11.4. The molecule has 10 nitrogen and oxygen atoms in total. The van der Waals surface area contributed by atoms with Crippen LogP contribution in [0.2, 0.25) is 0 Å². The minimum Gasteiger partial charge on any atom is -0.454 e. The predicted molar refractivity (Wildman–Crippen MR) is 106 cm³/mol. The van der Waals surface area contributed by atoms with Crippen molar-refractivity contribution in [2.24, 2.45) is 0 Å². The molecule has 1 aliphatic rings. The van der Waals surface area contributed by atoms with Crippen LogP contribution in [0.1, 0.15) is 16.8 Å². The van der Waals surface area contributed by atoms with Gasteiger partial charge in [0.2, 0.25) is 0 Å². The van der Waals surface area contributed by atoms with E-state index in [1.165, 1.54) is 30.0 Å². The Morgan fingerprint density at radius 2 is 2.07 bits per heavy atom. The fraction of sp³-hybridized carbons (Fsp3) is 0.500. The van der Waals surface area contributed by atoms with Gasteiger partial charge in [-0.15, -0.1) is 0 Å². The topological polar surface area (TPSA) is 128 Å². The maximum absolute atomic E-state index is 12.4. The van der Waals surface area contributed by atoms with E-state index in [1.807, 2.05) is 6.26 Å². The van der Waals surface area contributed by atoms with Gasteiger partial charge in [0.05, 0.1) is 18.1 Å². The lowest BCUT2D eigenvalue weighted by atomic mass is 10.1. The Bertz CT molecular complexity index is 753. The van der Waals surface area contributed by atoms with E-state index in [-0.39, 0.29) is 17.2 Å². The second-order valence-corrected chi connectivity index (χ2v) is 7.20. The van der Waals surface area contributed by atoms with Crippen LogP contribution in [-0.4, -0.2) is 78.6 Å². The number of nitrogens with one attached hydrogen (secondary N) is 1. The maximum Gasteiger partial charge on any atom is 0.329 e. The van der Waals surface area contributed by atoms with Gasteiger partial charge >= 0.3 is 5.97 Å². The molecule has 2 rings (SSSR count). The molecule has 0 aromatic heterocycles. The van der Waals surface area contributed by atoms with E-state index in [4.69, 9.17) is 9.47 Å². The highest BCUT2D eigenvalue weighted by Gasteiger charge is 2.25. The van der Waals surface area contributed by atoms with Crippen LogP contribution in [0.4, 0.5) is 5.69 Å². The minimum atomic E-state index is -0.966. The van der Waals surface area contributed by atoms with Crippen molar-refractivity contribution >= 4 is 35.2 Å². The van der Waals surface area contributed by atoms with Gasteiger partial charge in [-0.25, -0.2) is 4.79 Å². The molecule has 158 valence electrons. The van der Waals surface area contributed by atoms with Crippen molar-refractivity contribution in [3.63, 3.8) is 0 Å². The molecule has 1 saturated heterocycles. The van der Waals surface area contributed by atoms with Crippen LogP contribution in [0.15, 0.2) is 24.3 Å². The normalized spacial score (nSPS) is 14.7. The Morgan fingerprint density at radius 3 is 2.72 bits per heavy atom. The molecule has 11 heteroatoms. The SMILES string of the molecule is CSCCC(NC(=O)c1cccc([N+](=O)[O-])c1)C(=O)OCC(=O)N1CCOCC1. The largest absolute Gasteiger partial charge is 0.454 e. The number of carbonyl (C=O) groups is 3. The van der Waals surface area contributed by atoms with Crippen molar-refractivity contribution < 1.29 is 28.8 Å². The van der Waals surface area contributed by atoms with Gasteiger partial charge in [0, 0.05) is 30.8 Å². The summed E-state index contributed by atoms with van der Waals surface area (Å²) in [5.74, 6) is -1.10. The van der Waals surface area contributed by atoms with E-state index >= 15 is 0 Å². The smallest absolute Gasteiger partial charge is 0.329 e. The van der Waals surface area contributed by atoms with Crippen LogP contribution in [0.25, 0.3) is 0 Å². The molecule has 0 aliphatic carbocycles. The van der Waals surface area contributed by atoms with E-state index < -0.39 is 29.4 Å². The molecular weight excluding hydrogens is 402 g/mol. The molecule has 1 aromatic carbocycles. The zero-order chi connectivity index (χ0) is 21.2. The van der Waals surface area contributed by atoms with Gasteiger partial charge in [0.1, 0.15) is 6.04 Å². The number of esters is 1. The number of nitro benzene ring substituents is 1. The van der Waals surface area contributed by atoms with Crippen molar-refractivity contribution in [3.8, 4) is 0 Å². The molecule has 1 fully saturated rings. The highest BCUT2D eigenvalue weighted by Crippen LogP contribution is 2.14. The first-order valence-corrected chi connectivity index (χ1v) is 10.4. The molecule has 0 saturated carbocycles. The number of hydrogen-bond acceptors (Lipinski definition) is 8. The number of amides is 2. The standard InChI is InChI=1S/C18H23N3O7S/c1-29-10-5-15(18(24)28-12-16(22)20-6-8-27-9-7-20)19-17(23)13-3-2-4-14(11-13)21(25)26/h2-4,11,15H,5-10,12H2,1H3,(H,19,23). The van der Waals surface area contributed by atoms with Crippen molar-refractivity contribution in [1.29, 1.82) is 0 Å². The summed E-state index contributed by atoms with van der Waals surface area (Å²) in [5.41, 5.74) is -0.164. The van der Waals surface area contributed by atoms with E-state index in [0.717, 1.165) is 6.07 Å². The van der Waals surface area contributed by atoms with Crippen LogP contribution >= 0.6 is 11.8 Å². The molecule has 1 atom stereocenters. The number of ether oxygens (including phenoxy) is 2. The third-order valence-corrected chi connectivity index (χ3v) is 4.87. The Morgan fingerprint density at radius 1 is 1.34 bits per heavy atom. The number of rotatable bonds is 9. The number of benzene rings is 1. The summed E-state index contributed by atoms with van der Waals surface area (Å²) < 4.78 is 10.3. The van der Waals surface area contributed by atoms with Crippen LogP contribution in [0.5, 0.6) is 0 Å². The van der Waals surface area contributed by atoms with Gasteiger partial charge in [-0.05, 0) is 24.5 Å². The van der Waals surface area contributed by atoms with Gasteiger partial charge in [-0.3, -0.25) is 19.7 Å². The number of non-ortho nitro benzene ring substituents is 1. The van der Waals surface area contributed by atoms with Gasteiger partial charge in [0.25, 0.3) is 17.5 Å². The van der Waals surface area contributed by atoms with Crippen LogP contribution in [0, 0.1) is 10.1 Å². The number of nitrogens with zero attached hydrogens (tertiary/aromatic N) is 2. The lowest BCUT2D eigenvalue weighted by molar-refractivity contribution is -0.384. The van der Waals surface area contributed by atoms with Crippen LogP contribution in [-0.2, 0) is 19.1 Å². The van der Waals surface area contributed by atoms with Crippen LogP contribution < -0.4 is 5.32 Å². The Hall–Kier alpha value is -2.66. The fourth-order valence-corrected chi connectivity index (χ4v) is 3.10. The number of thioether (sulfide) groups is 1. The van der Waals surface area contributed by atoms with Crippen molar-refractivity contribution in [2.75, 3.05) is 44.9 Å². The molecule has 1 aliphatic heterocycles. The van der Waals surface area contributed by atoms with Crippen molar-refractivity contribution in [1.82, 2.24) is 10.2 Å². The van der Waals surface area contributed by atoms with Crippen LogP contribution in [0.3, 0.4) is 0 Å². The highest BCUT2D eigenvalue weighted by molar-refractivity contribution is 7.98. The molecule has 0 bridgehead atoms. The second-order valence-electron chi connectivity index (χ2n) is 6.22. The lowest BCUT2D eigenvalue weighted by Crippen LogP contribution is -2.45. The third-order valence-electron chi connectivity index (χ3n) is 4.22. The predicted octanol–water partition coefficient (Wildman–Crippen LogP) is 0.848. The Balaban J connectivity index is 1.97. The number of hydrogen-bond donors (Lipinski definition) is 1. The molecule has 1 heterocycles. The monoisotopic (exact) mass is 425 g/mol. The molecule has 1 unspecified atom stereocenters. The van der Waals surface area contributed by atoms with Gasteiger partial charge < -0.3 is 19.7 Å². The zero-order valence-corrected chi connectivity index (χ0v) is 16.8. The first-order valence-electron chi connectivity index (χ1n) is 8.98. The van der Waals surface area contributed by atoms with E-state index in [0.29, 0.717) is 38.5 Å². The minimum absolute atomic E-state index is 0.0607. The average Bonchev–Trinajstić information content (AvgIpc) is 2.75. The quantitative estimate of drug-likeness (QED) is 0.350. The molecule has 2 amide bonds. The average molecular weight is 425 g/mol. The first kappa shape index (κ1) is 22.6. The summed E-state index contributed by atoms with van der Waals surface area (Å²) in [4.78, 5) is 48.8. The Labute approximate surface area is 172 Å². The Kier molecular flexibility index (Phi) is 8.87. The fourth-order valence-electron chi connectivity index (χ4n) is 2.62. The van der Waals surface area contributed by atoms with E-state index in [2.05, 4.69) is 5.32 Å². The highest BCUT2D eigenvalue weighted by atomic mass is 32.2. The van der Waals surface area contributed by atoms with Crippen molar-refractivity contribution in [3.05, 3.63) is 39.9 Å². The van der Waals surface area contributed by atoms with E-state index in [1.54, 1.807) is 4.90 Å².